The number of nitrogens with zero attached hydrogens (tertiary/aromatic N) is 4. The van der Waals surface area contributed by atoms with Crippen LogP contribution in [-0.4, -0.2) is 44.3 Å². The molecule has 8 heteroatoms. The molecule has 0 unspecified atom stereocenters. The van der Waals surface area contributed by atoms with Crippen molar-refractivity contribution in [1.29, 1.82) is 0 Å². The van der Waals surface area contributed by atoms with Crippen LogP contribution in [0.25, 0.3) is 6.08 Å². The molecule has 0 aliphatic carbocycles. The van der Waals surface area contributed by atoms with Crippen molar-refractivity contribution < 1.29 is 9.59 Å². The fraction of sp³-hybridized carbons (Fsp3) is 0.304. The molecule has 31 heavy (non-hydrogen) atoms. The van der Waals surface area contributed by atoms with E-state index in [2.05, 4.69) is 21.4 Å². The number of allylic oxidation sites excluding steroid dienone is 1. The third kappa shape index (κ3) is 5.46. The molecule has 160 valence electrons. The van der Waals surface area contributed by atoms with Crippen LogP contribution in [0.4, 0.5) is 5.13 Å². The number of anilines is 1. The van der Waals surface area contributed by atoms with Crippen LogP contribution in [0.2, 0.25) is 0 Å². The maximum absolute atomic E-state index is 12.8. The summed E-state index contributed by atoms with van der Waals surface area (Å²) < 4.78 is 1.91. The molecule has 1 saturated heterocycles. The van der Waals surface area contributed by atoms with Crippen molar-refractivity contribution in [2.45, 2.75) is 26.3 Å². The predicted octanol–water partition coefficient (Wildman–Crippen LogP) is 3.91. The van der Waals surface area contributed by atoms with Crippen molar-refractivity contribution in [3.8, 4) is 0 Å². The lowest BCUT2D eigenvalue weighted by Crippen LogP contribution is -2.36. The van der Waals surface area contributed by atoms with Gasteiger partial charge in [0.25, 0.3) is 5.91 Å². The molecular weight excluding hydrogens is 410 g/mol. The van der Waals surface area contributed by atoms with E-state index in [1.807, 2.05) is 45.3 Å². The van der Waals surface area contributed by atoms with Gasteiger partial charge in [0.05, 0.1) is 5.69 Å². The number of rotatable bonds is 6. The number of nitrogens with one attached hydrogen (secondary N) is 1. The fourth-order valence-electron chi connectivity index (χ4n) is 3.67. The molecule has 3 aromatic heterocycles. The highest BCUT2D eigenvalue weighted by Gasteiger charge is 2.19. The van der Waals surface area contributed by atoms with Gasteiger partial charge in [0.1, 0.15) is 5.69 Å². The number of pyridine rings is 1. The minimum absolute atomic E-state index is 0.147. The van der Waals surface area contributed by atoms with E-state index in [1.54, 1.807) is 25.4 Å². The lowest BCUT2D eigenvalue weighted by molar-refractivity contribution is -0.129. The quantitative estimate of drug-likeness (QED) is 0.637. The zero-order valence-corrected chi connectivity index (χ0v) is 18.2. The van der Waals surface area contributed by atoms with Gasteiger partial charge in [0, 0.05) is 50.5 Å². The molecule has 7 nitrogen and oxygen atoms in total. The Bertz CT molecular complexity index is 1060. The molecule has 1 aliphatic heterocycles. The molecule has 2 amide bonds. The van der Waals surface area contributed by atoms with E-state index >= 15 is 0 Å². The minimum Gasteiger partial charge on any atom is -0.343 e. The van der Waals surface area contributed by atoms with Gasteiger partial charge in [-0.05, 0) is 54.7 Å². The van der Waals surface area contributed by atoms with Crippen molar-refractivity contribution >= 4 is 34.4 Å². The Labute approximate surface area is 185 Å². The number of amides is 2. The number of carbonyl (C=O) groups excluding carboxylic acids is 2. The number of aromatic nitrogens is 3. The van der Waals surface area contributed by atoms with Crippen molar-refractivity contribution in [2.75, 3.05) is 18.4 Å². The normalized spacial score (nSPS) is 14.8. The Kier molecular flexibility index (Phi) is 6.57. The highest BCUT2D eigenvalue weighted by Crippen LogP contribution is 2.22. The lowest BCUT2D eigenvalue weighted by atomic mass is 9.96. The molecule has 0 aromatic carbocycles. The summed E-state index contributed by atoms with van der Waals surface area (Å²) in [5.74, 6) is 0.418. The van der Waals surface area contributed by atoms with E-state index < -0.39 is 0 Å². The molecule has 0 bridgehead atoms. The van der Waals surface area contributed by atoms with E-state index in [1.165, 1.54) is 11.3 Å². The van der Waals surface area contributed by atoms with Gasteiger partial charge in [-0.25, -0.2) is 4.98 Å². The van der Waals surface area contributed by atoms with Crippen LogP contribution in [0.1, 0.15) is 41.5 Å². The van der Waals surface area contributed by atoms with Crippen LogP contribution in [0.3, 0.4) is 0 Å². The van der Waals surface area contributed by atoms with Crippen molar-refractivity contribution in [1.82, 2.24) is 19.4 Å². The second-order valence-electron chi connectivity index (χ2n) is 7.61. The number of hydrogen-bond acceptors (Lipinski definition) is 5. The Hall–Kier alpha value is -3.26. The predicted molar refractivity (Wildman–Crippen MR) is 122 cm³/mol. The third-order valence-electron chi connectivity index (χ3n) is 5.43. The molecule has 0 saturated carbocycles. The highest BCUT2D eigenvalue weighted by molar-refractivity contribution is 7.14. The van der Waals surface area contributed by atoms with Gasteiger partial charge in [-0.15, -0.1) is 11.3 Å². The molecule has 4 rings (SSSR count). The maximum Gasteiger partial charge on any atom is 0.274 e. The lowest BCUT2D eigenvalue weighted by Gasteiger charge is -2.29. The monoisotopic (exact) mass is 435 g/mol. The molecule has 1 fully saturated rings. The van der Waals surface area contributed by atoms with E-state index in [-0.39, 0.29) is 11.8 Å². The maximum atomic E-state index is 12.8. The first-order valence-electron chi connectivity index (χ1n) is 10.3. The first-order chi connectivity index (χ1) is 15.1. The second-order valence-corrected chi connectivity index (χ2v) is 8.47. The van der Waals surface area contributed by atoms with E-state index in [0.717, 1.165) is 37.2 Å². The number of thiazole rings is 1. The molecular formula is C23H25N5O2S. The second kappa shape index (κ2) is 9.70. The Balaban J connectivity index is 1.34. The van der Waals surface area contributed by atoms with Gasteiger partial charge in [-0.3, -0.25) is 19.9 Å². The zero-order chi connectivity index (χ0) is 21.6. The van der Waals surface area contributed by atoms with E-state index in [4.69, 9.17) is 0 Å². The van der Waals surface area contributed by atoms with Gasteiger partial charge in [-0.1, -0.05) is 6.08 Å². The topological polar surface area (TPSA) is 80.1 Å². The van der Waals surface area contributed by atoms with Crippen molar-refractivity contribution in [3.63, 3.8) is 0 Å². The summed E-state index contributed by atoms with van der Waals surface area (Å²) in [4.78, 5) is 34.6. The molecule has 0 spiro atoms. The summed E-state index contributed by atoms with van der Waals surface area (Å²) in [6, 6.07) is 7.54. The van der Waals surface area contributed by atoms with Crippen LogP contribution in [0, 0.1) is 5.92 Å². The van der Waals surface area contributed by atoms with E-state index in [0.29, 0.717) is 23.3 Å². The summed E-state index contributed by atoms with van der Waals surface area (Å²) >= 11 is 1.41. The van der Waals surface area contributed by atoms with Crippen molar-refractivity contribution in [3.05, 3.63) is 71.3 Å². The van der Waals surface area contributed by atoms with Gasteiger partial charge in [0.15, 0.2) is 5.13 Å². The van der Waals surface area contributed by atoms with Gasteiger partial charge >= 0.3 is 0 Å². The Morgan fingerprint density at radius 3 is 2.74 bits per heavy atom. The summed E-state index contributed by atoms with van der Waals surface area (Å²) in [6.07, 6.45) is 11.5. The van der Waals surface area contributed by atoms with Crippen LogP contribution in [0.15, 0.2) is 54.3 Å². The Morgan fingerprint density at radius 1 is 1.23 bits per heavy atom. The first kappa shape index (κ1) is 21.0. The third-order valence-corrected chi connectivity index (χ3v) is 6.21. The van der Waals surface area contributed by atoms with Crippen LogP contribution in [0.5, 0.6) is 0 Å². The molecule has 1 N–H and O–H groups in total. The first-order valence-corrected chi connectivity index (χ1v) is 11.2. The molecule has 1 aliphatic rings. The van der Waals surface area contributed by atoms with Crippen LogP contribution >= 0.6 is 11.3 Å². The number of likely N-dealkylation sites (tertiary alicyclic amines) is 1. The summed E-state index contributed by atoms with van der Waals surface area (Å²) in [6.45, 7) is 3.84. The fourth-order valence-corrected chi connectivity index (χ4v) is 4.34. The van der Waals surface area contributed by atoms with E-state index in [9.17, 15) is 9.59 Å². The average Bonchev–Trinajstić information content (AvgIpc) is 3.42. The Morgan fingerprint density at radius 2 is 2.00 bits per heavy atom. The minimum atomic E-state index is -0.180. The van der Waals surface area contributed by atoms with Gasteiger partial charge in [-0.2, -0.15) is 0 Å². The molecule has 4 heterocycles. The highest BCUT2D eigenvalue weighted by atomic mass is 32.1. The summed E-state index contributed by atoms with van der Waals surface area (Å²) in [7, 11) is 0. The van der Waals surface area contributed by atoms with Crippen molar-refractivity contribution in [2.24, 2.45) is 5.92 Å². The van der Waals surface area contributed by atoms with Gasteiger partial charge < -0.3 is 9.47 Å². The molecule has 3 aromatic rings. The number of piperidine rings is 1. The zero-order valence-electron chi connectivity index (χ0n) is 17.4. The number of carbonyl (C=O) groups is 2. The largest absolute Gasteiger partial charge is 0.343 e. The van der Waals surface area contributed by atoms with Crippen LogP contribution in [-0.2, 0) is 11.3 Å². The van der Waals surface area contributed by atoms with Gasteiger partial charge in [0.2, 0.25) is 5.91 Å². The molecule has 0 atom stereocenters. The standard InChI is InChI=1S/C23H25N5O2S/c1-17(29)27-13-8-18(9-14-27)4-5-20-16-31-23(25-20)26-22(30)21-3-2-12-28(21)15-19-6-10-24-11-7-19/h2-7,10-12,16,18H,8-9,13-15H2,1H3,(H,25,26,30)/b5-4+. The molecule has 0 radical (unpaired) electrons. The summed E-state index contributed by atoms with van der Waals surface area (Å²) in [5, 5.41) is 5.42. The smallest absolute Gasteiger partial charge is 0.274 e. The summed E-state index contributed by atoms with van der Waals surface area (Å²) in [5.41, 5.74) is 2.50. The SMILES string of the molecule is CC(=O)N1CCC(/C=C/c2csc(NC(=O)c3cccn3Cc3ccncc3)n2)CC1. The van der Waals surface area contributed by atoms with Crippen LogP contribution < -0.4 is 5.32 Å². The number of hydrogen-bond donors (Lipinski definition) is 1. The average molecular weight is 436 g/mol.